The van der Waals surface area contributed by atoms with E-state index in [1.807, 2.05) is 34.9 Å². The summed E-state index contributed by atoms with van der Waals surface area (Å²) in [5.41, 5.74) is -0.132. The summed E-state index contributed by atoms with van der Waals surface area (Å²) in [5, 5.41) is -0.381. The smallest absolute Gasteiger partial charge is 0.156 e. The van der Waals surface area contributed by atoms with Crippen molar-refractivity contribution in [2.75, 3.05) is 20.7 Å². The zero-order valence-electron chi connectivity index (χ0n) is 15.3. The summed E-state index contributed by atoms with van der Waals surface area (Å²) in [4.78, 5) is 2.17. The van der Waals surface area contributed by atoms with Crippen molar-refractivity contribution in [3.63, 3.8) is 0 Å². The summed E-state index contributed by atoms with van der Waals surface area (Å²) < 4.78 is 31.7. The Balaban J connectivity index is 2.88. The van der Waals surface area contributed by atoms with Gasteiger partial charge in [-0.1, -0.05) is 20.3 Å². The van der Waals surface area contributed by atoms with Crippen molar-refractivity contribution in [1.82, 2.24) is 4.90 Å². The van der Waals surface area contributed by atoms with Crippen LogP contribution in [0.2, 0.25) is 0 Å². The number of hydrogen-bond acceptors (Lipinski definition) is 4. The Bertz CT molecular complexity index is 433. The Labute approximate surface area is 137 Å². The highest BCUT2D eigenvalue weighted by atomic mass is 32.2. The van der Waals surface area contributed by atoms with Crippen LogP contribution in [0, 0.1) is 0 Å². The molecule has 1 fully saturated rings. The van der Waals surface area contributed by atoms with Crippen molar-refractivity contribution in [1.29, 1.82) is 0 Å². The van der Waals surface area contributed by atoms with E-state index in [9.17, 15) is 8.42 Å². The summed E-state index contributed by atoms with van der Waals surface area (Å²) in [5.74, 6) is 0. The number of likely N-dealkylation sites (N-methyl/N-ethyl adjacent to an activating group) is 1. The molecular formula is C17H35NO3S. The first-order chi connectivity index (χ1) is 10.2. The molecule has 0 amide bonds. The van der Waals surface area contributed by atoms with E-state index < -0.39 is 9.84 Å². The molecule has 0 N–H and O–H groups in total. The average molecular weight is 334 g/mol. The predicted molar refractivity (Wildman–Crippen MR) is 93.1 cm³/mol. The standard InChI is InChI=1S/C17H35NO3S/c1-7-9-15(8-2)22(19,20)16-10-11-17(12-16,18(5)6)13-21-14(3)4/h14-16H,7-13H2,1-6H3. The van der Waals surface area contributed by atoms with Crippen LogP contribution in [0.3, 0.4) is 0 Å². The lowest BCUT2D eigenvalue weighted by atomic mass is 9.97. The van der Waals surface area contributed by atoms with Gasteiger partial charge in [-0.15, -0.1) is 0 Å². The molecule has 0 aromatic rings. The Morgan fingerprint density at radius 1 is 1.27 bits per heavy atom. The van der Waals surface area contributed by atoms with E-state index in [-0.39, 0.29) is 22.1 Å². The van der Waals surface area contributed by atoms with E-state index >= 15 is 0 Å². The maximum absolute atomic E-state index is 12.9. The van der Waals surface area contributed by atoms with Gasteiger partial charge in [0.2, 0.25) is 0 Å². The van der Waals surface area contributed by atoms with Crippen molar-refractivity contribution in [2.24, 2.45) is 0 Å². The summed E-state index contributed by atoms with van der Waals surface area (Å²) in [7, 11) is 1.05. The molecule has 0 aromatic carbocycles. The first-order valence-electron chi connectivity index (χ1n) is 8.71. The topological polar surface area (TPSA) is 46.6 Å². The first kappa shape index (κ1) is 19.9. The maximum atomic E-state index is 12.9. The fourth-order valence-corrected chi connectivity index (χ4v) is 6.08. The highest BCUT2D eigenvalue weighted by Gasteiger charge is 2.47. The molecule has 5 heteroatoms. The molecule has 3 atom stereocenters. The van der Waals surface area contributed by atoms with Gasteiger partial charge in [0.05, 0.1) is 23.2 Å². The second-order valence-electron chi connectivity index (χ2n) is 7.25. The van der Waals surface area contributed by atoms with Crippen molar-refractivity contribution in [3.8, 4) is 0 Å². The van der Waals surface area contributed by atoms with Crippen molar-refractivity contribution in [2.45, 2.75) is 88.4 Å². The molecule has 132 valence electrons. The number of nitrogens with zero attached hydrogens (tertiary/aromatic N) is 1. The quantitative estimate of drug-likeness (QED) is 0.650. The Kier molecular flexibility index (Phi) is 7.34. The molecule has 0 radical (unpaired) electrons. The molecule has 1 aliphatic carbocycles. The van der Waals surface area contributed by atoms with Crippen LogP contribution in [-0.4, -0.2) is 56.2 Å². The minimum absolute atomic E-state index is 0.132. The summed E-state index contributed by atoms with van der Waals surface area (Å²) >= 11 is 0. The zero-order chi connectivity index (χ0) is 17.0. The van der Waals surface area contributed by atoms with E-state index in [0.29, 0.717) is 13.0 Å². The van der Waals surface area contributed by atoms with Crippen LogP contribution in [0.4, 0.5) is 0 Å². The van der Waals surface area contributed by atoms with Gasteiger partial charge in [-0.25, -0.2) is 8.42 Å². The number of ether oxygens (including phenoxy) is 1. The summed E-state index contributed by atoms with van der Waals surface area (Å²) in [6.07, 6.45) is 4.99. The molecule has 0 heterocycles. The fourth-order valence-electron chi connectivity index (χ4n) is 3.52. The monoisotopic (exact) mass is 333 g/mol. The van der Waals surface area contributed by atoms with E-state index in [1.54, 1.807) is 0 Å². The van der Waals surface area contributed by atoms with Crippen LogP contribution in [0.5, 0.6) is 0 Å². The van der Waals surface area contributed by atoms with Crippen LogP contribution < -0.4 is 0 Å². The van der Waals surface area contributed by atoms with Crippen molar-refractivity contribution >= 4 is 9.84 Å². The normalized spacial score (nSPS) is 27.7. The van der Waals surface area contributed by atoms with Crippen LogP contribution in [0.25, 0.3) is 0 Å². The molecule has 0 saturated heterocycles. The largest absolute Gasteiger partial charge is 0.377 e. The van der Waals surface area contributed by atoms with Gasteiger partial charge in [-0.05, 0) is 60.0 Å². The Hall–Kier alpha value is -0.130. The van der Waals surface area contributed by atoms with E-state index in [4.69, 9.17) is 4.74 Å². The molecule has 0 spiro atoms. The van der Waals surface area contributed by atoms with Crippen LogP contribution in [0.15, 0.2) is 0 Å². The Morgan fingerprint density at radius 3 is 2.36 bits per heavy atom. The average Bonchev–Trinajstić information content (AvgIpc) is 2.89. The lowest BCUT2D eigenvalue weighted by molar-refractivity contribution is -0.00962. The lowest BCUT2D eigenvalue weighted by Crippen LogP contribution is -2.47. The Morgan fingerprint density at radius 2 is 1.91 bits per heavy atom. The number of sulfone groups is 1. The first-order valence-corrected chi connectivity index (χ1v) is 10.3. The molecule has 4 nitrogen and oxygen atoms in total. The van der Waals surface area contributed by atoms with E-state index in [2.05, 4.69) is 11.8 Å². The van der Waals surface area contributed by atoms with Gasteiger partial charge >= 0.3 is 0 Å². The molecule has 3 unspecified atom stereocenters. The maximum Gasteiger partial charge on any atom is 0.156 e. The molecule has 1 saturated carbocycles. The van der Waals surface area contributed by atoms with Crippen LogP contribution in [0.1, 0.15) is 66.2 Å². The summed E-state index contributed by atoms with van der Waals surface area (Å²) in [6, 6.07) is 0. The number of rotatable bonds is 9. The predicted octanol–water partition coefficient (Wildman–Crippen LogP) is 3.26. The molecule has 0 bridgehead atoms. The third-order valence-electron chi connectivity index (χ3n) is 5.17. The number of hydrogen-bond donors (Lipinski definition) is 0. The fraction of sp³-hybridized carbons (Fsp3) is 1.00. The molecule has 1 rings (SSSR count). The SMILES string of the molecule is CCCC(CC)S(=O)(=O)C1CCC(COC(C)C)(N(C)C)C1. The van der Waals surface area contributed by atoms with Gasteiger partial charge in [0, 0.05) is 5.54 Å². The highest BCUT2D eigenvalue weighted by molar-refractivity contribution is 7.92. The van der Waals surface area contributed by atoms with E-state index in [0.717, 1.165) is 32.1 Å². The van der Waals surface area contributed by atoms with Crippen molar-refractivity contribution in [3.05, 3.63) is 0 Å². The molecule has 0 aromatic heterocycles. The lowest BCUT2D eigenvalue weighted by Gasteiger charge is -2.37. The van der Waals surface area contributed by atoms with Gasteiger partial charge < -0.3 is 9.64 Å². The highest BCUT2D eigenvalue weighted by Crippen LogP contribution is 2.40. The van der Waals surface area contributed by atoms with Gasteiger partial charge in [-0.2, -0.15) is 0 Å². The van der Waals surface area contributed by atoms with Gasteiger partial charge in [0.15, 0.2) is 9.84 Å². The van der Waals surface area contributed by atoms with Gasteiger partial charge in [-0.3, -0.25) is 0 Å². The zero-order valence-corrected chi connectivity index (χ0v) is 16.1. The van der Waals surface area contributed by atoms with Crippen molar-refractivity contribution < 1.29 is 13.2 Å². The third-order valence-corrected chi connectivity index (χ3v) is 8.00. The molecular weight excluding hydrogens is 298 g/mol. The molecule has 0 aliphatic heterocycles. The van der Waals surface area contributed by atoms with E-state index in [1.165, 1.54) is 0 Å². The minimum Gasteiger partial charge on any atom is -0.377 e. The summed E-state index contributed by atoms with van der Waals surface area (Å²) in [6.45, 7) is 8.73. The third kappa shape index (κ3) is 4.45. The second kappa shape index (κ2) is 8.11. The minimum atomic E-state index is -3.04. The van der Waals surface area contributed by atoms with Gasteiger partial charge in [0.25, 0.3) is 0 Å². The second-order valence-corrected chi connectivity index (χ2v) is 9.76. The molecule has 22 heavy (non-hydrogen) atoms. The van der Waals surface area contributed by atoms with Crippen LogP contribution in [-0.2, 0) is 14.6 Å². The van der Waals surface area contributed by atoms with Gasteiger partial charge in [0.1, 0.15) is 0 Å². The molecule has 1 aliphatic rings. The van der Waals surface area contributed by atoms with Crippen LogP contribution >= 0.6 is 0 Å².